The van der Waals surface area contributed by atoms with Gasteiger partial charge in [0.2, 0.25) is 0 Å². The summed E-state index contributed by atoms with van der Waals surface area (Å²) in [5.74, 6) is 0.136. The lowest BCUT2D eigenvalue weighted by molar-refractivity contribution is -0.146. The summed E-state index contributed by atoms with van der Waals surface area (Å²) in [6.07, 6.45) is 2.28. The Morgan fingerprint density at radius 3 is 2.63 bits per heavy atom. The number of aromatic nitrogens is 1. The van der Waals surface area contributed by atoms with Crippen LogP contribution in [0.15, 0.2) is 28.8 Å². The molecule has 0 bridgehead atoms. The highest BCUT2D eigenvalue weighted by Crippen LogP contribution is 2.28. The Balaban J connectivity index is 1.80. The van der Waals surface area contributed by atoms with E-state index in [0.29, 0.717) is 37.3 Å². The average molecular weight is 370 g/mol. The molecule has 1 aliphatic rings. The van der Waals surface area contributed by atoms with Gasteiger partial charge in [-0.2, -0.15) is 0 Å². The Kier molecular flexibility index (Phi) is 5.69. The number of piperidine rings is 1. The number of ketones is 1. The van der Waals surface area contributed by atoms with Crippen molar-refractivity contribution in [2.45, 2.75) is 26.2 Å². The maximum atomic E-state index is 12.6. The van der Waals surface area contributed by atoms with Gasteiger partial charge in [0, 0.05) is 36.8 Å². The lowest BCUT2D eigenvalue weighted by Crippen LogP contribution is -2.37. The van der Waals surface area contributed by atoms with E-state index in [4.69, 9.17) is 9.26 Å². The van der Waals surface area contributed by atoms with Crippen LogP contribution in [0, 0.1) is 12.8 Å². The summed E-state index contributed by atoms with van der Waals surface area (Å²) in [5, 5.41) is 3.78. The lowest BCUT2D eigenvalue weighted by Gasteiger charge is -2.33. The third-order valence-electron chi connectivity index (χ3n) is 4.87. The first kappa shape index (κ1) is 18.8. The largest absolute Gasteiger partial charge is 0.469 e. The number of carbonyl (C=O) groups excluding carboxylic acids is 3. The van der Waals surface area contributed by atoms with Crippen LogP contribution in [0.3, 0.4) is 0 Å². The molecule has 0 N–H and O–H groups in total. The second kappa shape index (κ2) is 8.16. The molecule has 1 aromatic heterocycles. The van der Waals surface area contributed by atoms with E-state index in [1.54, 1.807) is 25.1 Å². The molecule has 0 saturated carbocycles. The Bertz CT molecular complexity index is 850. The number of rotatable bonds is 6. The van der Waals surface area contributed by atoms with Crippen molar-refractivity contribution in [3.8, 4) is 0 Å². The minimum absolute atomic E-state index is 0.0938. The fourth-order valence-electron chi connectivity index (χ4n) is 3.41. The molecule has 1 aromatic carbocycles. The topological polar surface area (TPSA) is 89.7 Å². The summed E-state index contributed by atoms with van der Waals surface area (Å²) in [5.41, 5.74) is 2.46. The summed E-state index contributed by atoms with van der Waals surface area (Å²) < 4.78 is 9.81. The number of hydrogen-bond acceptors (Lipinski definition) is 7. The van der Waals surface area contributed by atoms with E-state index in [0.717, 1.165) is 17.5 Å². The molecule has 0 atom stereocenters. The van der Waals surface area contributed by atoms with Crippen molar-refractivity contribution < 1.29 is 23.6 Å². The number of aryl methyl sites for hydroxylation is 1. The van der Waals surface area contributed by atoms with Crippen LogP contribution >= 0.6 is 0 Å². The van der Waals surface area contributed by atoms with Gasteiger partial charge in [-0.3, -0.25) is 14.4 Å². The number of carbonyl (C=O) groups is 3. The van der Waals surface area contributed by atoms with Gasteiger partial charge in [-0.25, -0.2) is 0 Å². The predicted octanol–water partition coefficient (Wildman–Crippen LogP) is 2.61. The number of aldehydes is 1. The van der Waals surface area contributed by atoms with Crippen molar-refractivity contribution in [2.24, 2.45) is 5.92 Å². The van der Waals surface area contributed by atoms with E-state index in [2.05, 4.69) is 10.1 Å². The fraction of sp³-hybridized carbons (Fsp3) is 0.400. The van der Waals surface area contributed by atoms with E-state index >= 15 is 0 Å². The molecule has 3 rings (SSSR count). The standard InChI is InChI=1S/C20H22N2O5/c1-13-9-17(21-27-13)19(24)11-16-10-14(12-23)3-4-18(16)22-7-5-15(6-8-22)20(25)26-2/h3-4,9-10,12,15H,5-8,11H2,1-2H3. The second-order valence-electron chi connectivity index (χ2n) is 6.71. The molecule has 0 amide bonds. The van der Waals surface area contributed by atoms with Crippen LogP contribution in [0.25, 0.3) is 0 Å². The number of hydrogen-bond donors (Lipinski definition) is 0. The quantitative estimate of drug-likeness (QED) is 0.439. The molecule has 27 heavy (non-hydrogen) atoms. The average Bonchev–Trinajstić information content (AvgIpc) is 3.14. The van der Waals surface area contributed by atoms with Gasteiger partial charge in [-0.05, 0) is 43.5 Å². The van der Waals surface area contributed by atoms with Gasteiger partial charge in [-0.15, -0.1) is 0 Å². The molecule has 0 aliphatic carbocycles. The van der Waals surface area contributed by atoms with Crippen LogP contribution in [0.1, 0.15) is 45.0 Å². The molecule has 142 valence electrons. The van der Waals surface area contributed by atoms with Gasteiger partial charge in [0.1, 0.15) is 17.7 Å². The van der Waals surface area contributed by atoms with Gasteiger partial charge in [0.15, 0.2) is 5.78 Å². The smallest absolute Gasteiger partial charge is 0.308 e. The van der Waals surface area contributed by atoms with Crippen LogP contribution in [0.2, 0.25) is 0 Å². The number of methoxy groups -OCH3 is 1. The first-order valence-electron chi connectivity index (χ1n) is 8.89. The molecular weight excluding hydrogens is 348 g/mol. The molecule has 1 fully saturated rings. The van der Waals surface area contributed by atoms with Crippen LogP contribution in [0.4, 0.5) is 5.69 Å². The molecule has 0 unspecified atom stereocenters. The Morgan fingerprint density at radius 2 is 2.04 bits per heavy atom. The summed E-state index contributed by atoms with van der Waals surface area (Å²) in [6, 6.07) is 6.94. The molecule has 0 radical (unpaired) electrons. The van der Waals surface area contributed by atoms with Crippen molar-refractivity contribution >= 4 is 23.7 Å². The number of Topliss-reactive ketones (excluding diaryl/α,β-unsaturated/α-hetero) is 1. The molecule has 2 aromatic rings. The van der Waals surface area contributed by atoms with E-state index in [-0.39, 0.29) is 29.8 Å². The van der Waals surface area contributed by atoms with Crippen molar-refractivity contribution in [1.29, 1.82) is 0 Å². The summed E-state index contributed by atoms with van der Waals surface area (Å²) in [4.78, 5) is 37.6. The van der Waals surface area contributed by atoms with Gasteiger partial charge in [0.05, 0.1) is 13.0 Å². The monoisotopic (exact) mass is 370 g/mol. The van der Waals surface area contributed by atoms with Gasteiger partial charge >= 0.3 is 5.97 Å². The molecule has 1 aliphatic heterocycles. The number of nitrogens with zero attached hydrogens (tertiary/aromatic N) is 2. The van der Waals surface area contributed by atoms with Crippen LogP contribution in [-0.2, 0) is 16.0 Å². The van der Waals surface area contributed by atoms with Crippen molar-refractivity contribution in [3.05, 3.63) is 46.8 Å². The predicted molar refractivity (Wildman–Crippen MR) is 98.1 cm³/mol. The van der Waals surface area contributed by atoms with E-state index in [1.807, 2.05) is 6.07 Å². The summed E-state index contributed by atoms with van der Waals surface area (Å²) >= 11 is 0. The lowest BCUT2D eigenvalue weighted by atomic mass is 9.95. The van der Waals surface area contributed by atoms with Crippen molar-refractivity contribution in [1.82, 2.24) is 5.16 Å². The zero-order chi connectivity index (χ0) is 19.4. The highest BCUT2D eigenvalue weighted by atomic mass is 16.5. The highest BCUT2D eigenvalue weighted by Gasteiger charge is 2.27. The van der Waals surface area contributed by atoms with Crippen molar-refractivity contribution in [2.75, 3.05) is 25.1 Å². The Hall–Kier alpha value is -2.96. The maximum Gasteiger partial charge on any atom is 0.308 e. The first-order chi connectivity index (χ1) is 13.0. The molecule has 2 heterocycles. The second-order valence-corrected chi connectivity index (χ2v) is 6.71. The fourth-order valence-corrected chi connectivity index (χ4v) is 3.41. The third kappa shape index (κ3) is 4.24. The molecule has 7 nitrogen and oxygen atoms in total. The number of esters is 1. The maximum absolute atomic E-state index is 12.6. The molecule has 1 saturated heterocycles. The minimum Gasteiger partial charge on any atom is -0.469 e. The summed E-state index contributed by atoms with van der Waals surface area (Å²) in [7, 11) is 1.40. The van der Waals surface area contributed by atoms with Gasteiger partial charge in [-0.1, -0.05) is 5.16 Å². The molecule has 0 spiro atoms. The first-order valence-corrected chi connectivity index (χ1v) is 8.89. The number of ether oxygens (including phenoxy) is 1. The number of anilines is 1. The summed E-state index contributed by atoms with van der Waals surface area (Å²) in [6.45, 7) is 3.10. The van der Waals surface area contributed by atoms with Crippen LogP contribution < -0.4 is 4.90 Å². The zero-order valence-electron chi connectivity index (χ0n) is 15.4. The molecular formula is C20H22N2O5. The van der Waals surface area contributed by atoms with Gasteiger partial charge < -0.3 is 14.2 Å². The third-order valence-corrected chi connectivity index (χ3v) is 4.87. The van der Waals surface area contributed by atoms with E-state index < -0.39 is 0 Å². The van der Waals surface area contributed by atoms with Crippen molar-refractivity contribution in [3.63, 3.8) is 0 Å². The van der Waals surface area contributed by atoms with Crippen LogP contribution in [-0.4, -0.2) is 43.4 Å². The van der Waals surface area contributed by atoms with Gasteiger partial charge in [0.25, 0.3) is 0 Å². The Labute approximate surface area is 157 Å². The number of benzene rings is 1. The molecule has 7 heteroatoms. The van der Waals surface area contributed by atoms with Crippen LogP contribution in [0.5, 0.6) is 0 Å². The van der Waals surface area contributed by atoms with E-state index in [1.165, 1.54) is 7.11 Å². The van der Waals surface area contributed by atoms with E-state index in [9.17, 15) is 14.4 Å². The highest BCUT2D eigenvalue weighted by molar-refractivity contribution is 5.96. The Morgan fingerprint density at radius 1 is 1.30 bits per heavy atom. The zero-order valence-corrected chi connectivity index (χ0v) is 15.4. The minimum atomic E-state index is -0.178. The SMILES string of the molecule is COC(=O)C1CCN(c2ccc(C=O)cc2CC(=O)c2cc(C)on2)CC1. The normalized spacial score (nSPS) is 14.8.